The Bertz CT molecular complexity index is 639. The zero-order valence-corrected chi connectivity index (χ0v) is 11.3. The van der Waals surface area contributed by atoms with Crippen LogP contribution < -0.4 is 14.8 Å². The Balaban J connectivity index is 1.34. The van der Waals surface area contributed by atoms with Crippen LogP contribution in [0, 0.1) is 0 Å². The number of hydrogen-bond acceptors (Lipinski definition) is 3. The molecular formula is C17H17NO2. The van der Waals surface area contributed by atoms with Gasteiger partial charge < -0.3 is 14.8 Å². The summed E-state index contributed by atoms with van der Waals surface area (Å²) >= 11 is 0. The highest BCUT2D eigenvalue weighted by molar-refractivity contribution is 5.44. The fraction of sp³-hybridized carbons (Fsp3) is 0.294. The molecular weight excluding hydrogens is 250 g/mol. The van der Waals surface area contributed by atoms with E-state index < -0.39 is 0 Å². The molecule has 4 rings (SSSR count). The third kappa shape index (κ3) is 2.04. The molecule has 3 nitrogen and oxygen atoms in total. The molecule has 2 aromatic rings. The van der Waals surface area contributed by atoms with Gasteiger partial charge in [-0.2, -0.15) is 0 Å². The first-order valence-electron chi connectivity index (χ1n) is 7.07. The zero-order valence-electron chi connectivity index (χ0n) is 11.3. The SMILES string of the molecule is c1ccc2c(c1)CC2CNCc1ccc2c(c1)OCO2. The lowest BCUT2D eigenvalue weighted by Gasteiger charge is -2.30. The van der Waals surface area contributed by atoms with Gasteiger partial charge in [-0.05, 0) is 35.2 Å². The van der Waals surface area contributed by atoms with Crippen LogP contribution in [0.25, 0.3) is 0 Å². The van der Waals surface area contributed by atoms with Crippen LogP contribution in [0.4, 0.5) is 0 Å². The molecule has 1 unspecified atom stereocenters. The summed E-state index contributed by atoms with van der Waals surface area (Å²) in [6.07, 6.45) is 1.20. The van der Waals surface area contributed by atoms with E-state index in [1.54, 1.807) is 0 Å². The van der Waals surface area contributed by atoms with E-state index >= 15 is 0 Å². The average molecular weight is 267 g/mol. The predicted molar refractivity (Wildman–Crippen MR) is 77.2 cm³/mol. The van der Waals surface area contributed by atoms with E-state index in [-0.39, 0.29) is 0 Å². The Hall–Kier alpha value is -2.00. The third-order valence-electron chi connectivity index (χ3n) is 4.12. The molecule has 2 aromatic carbocycles. The molecule has 102 valence electrons. The van der Waals surface area contributed by atoms with Crippen LogP contribution in [0.1, 0.15) is 22.6 Å². The largest absolute Gasteiger partial charge is 0.454 e. The smallest absolute Gasteiger partial charge is 0.231 e. The number of nitrogens with one attached hydrogen (secondary N) is 1. The fourth-order valence-electron chi connectivity index (χ4n) is 2.99. The van der Waals surface area contributed by atoms with Gasteiger partial charge in [0, 0.05) is 19.0 Å². The quantitative estimate of drug-likeness (QED) is 0.924. The van der Waals surface area contributed by atoms with Crippen molar-refractivity contribution in [3.63, 3.8) is 0 Å². The number of fused-ring (bicyclic) bond motifs is 2. The molecule has 1 N–H and O–H groups in total. The van der Waals surface area contributed by atoms with Gasteiger partial charge in [0.15, 0.2) is 11.5 Å². The van der Waals surface area contributed by atoms with Crippen LogP contribution in [0.5, 0.6) is 11.5 Å². The maximum absolute atomic E-state index is 5.40. The molecule has 1 atom stereocenters. The molecule has 3 heteroatoms. The first-order valence-corrected chi connectivity index (χ1v) is 7.07. The van der Waals surface area contributed by atoms with E-state index in [0.29, 0.717) is 12.7 Å². The van der Waals surface area contributed by atoms with Gasteiger partial charge in [-0.15, -0.1) is 0 Å². The van der Waals surface area contributed by atoms with Crippen LogP contribution in [0.15, 0.2) is 42.5 Å². The van der Waals surface area contributed by atoms with Crippen molar-refractivity contribution in [1.82, 2.24) is 5.32 Å². The van der Waals surface area contributed by atoms with E-state index in [9.17, 15) is 0 Å². The molecule has 20 heavy (non-hydrogen) atoms. The van der Waals surface area contributed by atoms with E-state index in [4.69, 9.17) is 9.47 Å². The summed E-state index contributed by atoms with van der Waals surface area (Å²) in [6.45, 7) is 2.24. The standard InChI is InChI=1S/C17H17NO2/c1-2-4-15-13(3-1)8-14(15)10-18-9-12-5-6-16-17(7-12)20-11-19-16/h1-7,14,18H,8-11H2. The minimum absolute atomic E-state index is 0.338. The number of rotatable bonds is 4. The van der Waals surface area contributed by atoms with Crippen LogP contribution in [-0.4, -0.2) is 13.3 Å². The average Bonchev–Trinajstić information content (AvgIpc) is 2.91. The monoisotopic (exact) mass is 267 g/mol. The highest BCUT2D eigenvalue weighted by Crippen LogP contribution is 2.34. The second-order valence-corrected chi connectivity index (χ2v) is 5.42. The topological polar surface area (TPSA) is 30.5 Å². The Morgan fingerprint density at radius 2 is 1.95 bits per heavy atom. The first kappa shape index (κ1) is 11.8. The minimum atomic E-state index is 0.338. The van der Waals surface area contributed by atoms with Crippen molar-refractivity contribution < 1.29 is 9.47 Å². The minimum Gasteiger partial charge on any atom is -0.454 e. The lowest BCUT2D eigenvalue weighted by atomic mass is 9.77. The molecule has 0 saturated carbocycles. The Kier molecular flexibility index (Phi) is 2.85. The summed E-state index contributed by atoms with van der Waals surface area (Å²) < 4.78 is 10.7. The van der Waals surface area contributed by atoms with Gasteiger partial charge >= 0.3 is 0 Å². The van der Waals surface area contributed by atoms with E-state index in [0.717, 1.165) is 24.6 Å². The molecule has 0 aromatic heterocycles. The Labute approximate surface area is 118 Å². The maximum Gasteiger partial charge on any atom is 0.231 e. The molecule has 0 amide bonds. The Morgan fingerprint density at radius 1 is 1.05 bits per heavy atom. The summed E-state index contributed by atoms with van der Waals surface area (Å²) in [6, 6.07) is 14.9. The molecule has 0 spiro atoms. The van der Waals surface area contributed by atoms with Crippen LogP contribution in [0.2, 0.25) is 0 Å². The summed E-state index contributed by atoms with van der Waals surface area (Å²) in [4.78, 5) is 0. The number of ether oxygens (including phenoxy) is 2. The fourth-order valence-corrected chi connectivity index (χ4v) is 2.99. The van der Waals surface area contributed by atoms with Gasteiger partial charge in [-0.3, -0.25) is 0 Å². The van der Waals surface area contributed by atoms with Gasteiger partial charge in [0.25, 0.3) is 0 Å². The summed E-state index contributed by atoms with van der Waals surface area (Å²) in [7, 11) is 0. The van der Waals surface area contributed by atoms with Crippen molar-refractivity contribution in [3.05, 3.63) is 59.2 Å². The highest BCUT2D eigenvalue weighted by Gasteiger charge is 2.24. The molecule has 1 aliphatic heterocycles. The normalized spacial score (nSPS) is 18.5. The summed E-state index contributed by atoms with van der Waals surface area (Å²) in [5, 5.41) is 3.54. The molecule has 1 aliphatic carbocycles. The van der Waals surface area contributed by atoms with Crippen molar-refractivity contribution in [1.29, 1.82) is 0 Å². The van der Waals surface area contributed by atoms with E-state index in [1.165, 1.54) is 23.1 Å². The summed E-state index contributed by atoms with van der Waals surface area (Å²) in [5.41, 5.74) is 4.25. The maximum atomic E-state index is 5.40. The van der Waals surface area contributed by atoms with Gasteiger partial charge in [0.1, 0.15) is 0 Å². The van der Waals surface area contributed by atoms with Crippen molar-refractivity contribution in [2.75, 3.05) is 13.3 Å². The van der Waals surface area contributed by atoms with Gasteiger partial charge in [0.2, 0.25) is 6.79 Å². The number of benzene rings is 2. The van der Waals surface area contributed by atoms with Crippen molar-refractivity contribution in [3.8, 4) is 11.5 Å². The lowest BCUT2D eigenvalue weighted by molar-refractivity contribution is 0.174. The molecule has 0 radical (unpaired) electrons. The predicted octanol–water partition coefficient (Wildman–Crippen LogP) is 2.84. The molecule has 0 bridgehead atoms. The van der Waals surface area contributed by atoms with Gasteiger partial charge in [0.05, 0.1) is 0 Å². The summed E-state index contributed by atoms with van der Waals surface area (Å²) in [5.74, 6) is 2.38. The highest BCUT2D eigenvalue weighted by atomic mass is 16.7. The van der Waals surface area contributed by atoms with Gasteiger partial charge in [-0.1, -0.05) is 30.3 Å². The molecule has 0 saturated heterocycles. The van der Waals surface area contributed by atoms with E-state index in [2.05, 4.69) is 41.7 Å². The van der Waals surface area contributed by atoms with Crippen molar-refractivity contribution in [2.45, 2.75) is 18.9 Å². The van der Waals surface area contributed by atoms with Crippen LogP contribution in [0.3, 0.4) is 0 Å². The molecule has 0 fully saturated rings. The molecule has 2 aliphatic rings. The van der Waals surface area contributed by atoms with E-state index in [1.807, 2.05) is 6.07 Å². The molecule has 1 heterocycles. The second-order valence-electron chi connectivity index (χ2n) is 5.42. The first-order chi connectivity index (χ1) is 9.90. The Morgan fingerprint density at radius 3 is 2.90 bits per heavy atom. The van der Waals surface area contributed by atoms with Crippen molar-refractivity contribution in [2.24, 2.45) is 0 Å². The van der Waals surface area contributed by atoms with Crippen LogP contribution >= 0.6 is 0 Å². The van der Waals surface area contributed by atoms with Crippen molar-refractivity contribution >= 4 is 0 Å². The number of hydrogen-bond donors (Lipinski definition) is 1. The lowest BCUT2D eigenvalue weighted by Crippen LogP contribution is -2.28. The third-order valence-corrected chi connectivity index (χ3v) is 4.12. The van der Waals surface area contributed by atoms with Gasteiger partial charge in [-0.25, -0.2) is 0 Å². The van der Waals surface area contributed by atoms with Crippen LogP contribution in [-0.2, 0) is 13.0 Å². The zero-order chi connectivity index (χ0) is 13.4. The second kappa shape index (κ2) is 4.84.